The van der Waals surface area contributed by atoms with Crippen LogP contribution in [-0.4, -0.2) is 21.1 Å². The van der Waals surface area contributed by atoms with Gasteiger partial charge in [-0.25, -0.2) is 4.98 Å². The first-order valence-electron chi connectivity index (χ1n) is 4.55. The van der Waals surface area contributed by atoms with E-state index in [9.17, 15) is 0 Å². The SMILES string of the molecule is Cc1ccc(/C=N\Nn2cncn2)cc1. The standard InChI is InChI=1S/C10H11N5/c1-9-2-4-10(5-3-9)6-12-14-15-8-11-7-13-15/h2-8,14H,1H3/b12-6-. The van der Waals surface area contributed by atoms with E-state index in [4.69, 9.17) is 0 Å². The zero-order valence-corrected chi connectivity index (χ0v) is 8.33. The molecule has 0 saturated heterocycles. The number of rotatable bonds is 3. The van der Waals surface area contributed by atoms with Gasteiger partial charge in [-0.3, -0.25) is 0 Å². The summed E-state index contributed by atoms with van der Waals surface area (Å²) in [5, 5.41) is 7.84. The molecule has 2 aromatic rings. The van der Waals surface area contributed by atoms with Gasteiger partial charge in [0, 0.05) is 0 Å². The highest BCUT2D eigenvalue weighted by atomic mass is 15.7. The van der Waals surface area contributed by atoms with Gasteiger partial charge in [0.05, 0.1) is 6.21 Å². The fraction of sp³-hybridized carbons (Fsp3) is 0.100. The molecule has 1 N–H and O–H groups in total. The van der Waals surface area contributed by atoms with Crippen LogP contribution in [0.1, 0.15) is 11.1 Å². The summed E-state index contributed by atoms with van der Waals surface area (Å²) in [6, 6.07) is 8.08. The van der Waals surface area contributed by atoms with Crippen molar-refractivity contribution in [3.63, 3.8) is 0 Å². The number of benzene rings is 1. The number of hydrogen-bond acceptors (Lipinski definition) is 4. The molecule has 0 radical (unpaired) electrons. The monoisotopic (exact) mass is 201 g/mol. The molecule has 0 unspecified atom stereocenters. The van der Waals surface area contributed by atoms with Gasteiger partial charge in [-0.05, 0) is 12.5 Å². The maximum atomic E-state index is 4.00. The van der Waals surface area contributed by atoms with Crippen molar-refractivity contribution in [3.05, 3.63) is 48.0 Å². The normalized spacial score (nSPS) is 10.7. The van der Waals surface area contributed by atoms with E-state index < -0.39 is 0 Å². The highest BCUT2D eigenvalue weighted by molar-refractivity contribution is 5.79. The van der Waals surface area contributed by atoms with Crippen molar-refractivity contribution in [2.75, 3.05) is 5.53 Å². The Kier molecular flexibility index (Phi) is 2.73. The van der Waals surface area contributed by atoms with E-state index >= 15 is 0 Å². The Bertz CT molecular complexity index is 429. The lowest BCUT2D eigenvalue weighted by molar-refractivity contribution is 0.754. The summed E-state index contributed by atoms with van der Waals surface area (Å²) in [6.07, 6.45) is 4.70. The number of nitrogens with one attached hydrogen (secondary N) is 1. The van der Waals surface area contributed by atoms with E-state index in [1.807, 2.05) is 24.3 Å². The van der Waals surface area contributed by atoms with Crippen LogP contribution in [0.5, 0.6) is 0 Å². The minimum absolute atomic E-state index is 1.04. The largest absolute Gasteiger partial charge is 0.221 e. The first kappa shape index (κ1) is 9.39. The van der Waals surface area contributed by atoms with Crippen molar-refractivity contribution in [2.24, 2.45) is 5.10 Å². The van der Waals surface area contributed by atoms with Crippen molar-refractivity contribution in [3.8, 4) is 0 Å². The molecule has 2 rings (SSSR count). The zero-order chi connectivity index (χ0) is 10.5. The smallest absolute Gasteiger partial charge is 0.139 e. The van der Waals surface area contributed by atoms with E-state index in [2.05, 4.69) is 27.6 Å². The van der Waals surface area contributed by atoms with Gasteiger partial charge in [0.15, 0.2) is 0 Å². The lowest BCUT2D eigenvalue weighted by atomic mass is 10.2. The molecular weight excluding hydrogens is 190 g/mol. The van der Waals surface area contributed by atoms with Gasteiger partial charge in [0.2, 0.25) is 0 Å². The molecule has 0 amide bonds. The highest BCUT2D eigenvalue weighted by Crippen LogP contribution is 1.99. The minimum Gasteiger partial charge on any atom is -0.221 e. The van der Waals surface area contributed by atoms with E-state index in [-0.39, 0.29) is 0 Å². The molecule has 0 spiro atoms. The Balaban J connectivity index is 1.97. The van der Waals surface area contributed by atoms with Crippen LogP contribution in [0.15, 0.2) is 42.0 Å². The Morgan fingerprint density at radius 3 is 2.80 bits per heavy atom. The average Bonchev–Trinajstić information content (AvgIpc) is 2.74. The van der Waals surface area contributed by atoms with Crippen molar-refractivity contribution >= 4 is 6.21 Å². The van der Waals surface area contributed by atoms with Crippen molar-refractivity contribution in [2.45, 2.75) is 6.92 Å². The number of aryl methyl sites for hydroxylation is 1. The molecule has 0 aliphatic heterocycles. The first-order chi connectivity index (χ1) is 7.34. The van der Waals surface area contributed by atoms with E-state index in [0.717, 1.165) is 5.56 Å². The lowest BCUT2D eigenvalue weighted by Crippen LogP contribution is -2.08. The van der Waals surface area contributed by atoms with Gasteiger partial charge in [-0.2, -0.15) is 10.6 Å². The molecule has 5 nitrogen and oxygen atoms in total. The molecule has 0 fully saturated rings. The molecule has 5 heteroatoms. The van der Waals surface area contributed by atoms with Gasteiger partial charge in [-0.1, -0.05) is 29.8 Å². The predicted molar refractivity (Wildman–Crippen MR) is 58.2 cm³/mol. The van der Waals surface area contributed by atoms with Crippen LogP contribution < -0.4 is 5.53 Å². The second-order valence-electron chi connectivity index (χ2n) is 3.11. The summed E-state index contributed by atoms with van der Waals surface area (Å²) in [4.78, 5) is 5.20. The van der Waals surface area contributed by atoms with Crippen molar-refractivity contribution in [1.29, 1.82) is 0 Å². The van der Waals surface area contributed by atoms with Gasteiger partial charge in [0.25, 0.3) is 0 Å². The molecule has 76 valence electrons. The van der Waals surface area contributed by atoms with Crippen LogP contribution in [-0.2, 0) is 0 Å². The van der Waals surface area contributed by atoms with Crippen LogP contribution in [0.25, 0.3) is 0 Å². The zero-order valence-electron chi connectivity index (χ0n) is 8.33. The summed E-state index contributed by atoms with van der Waals surface area (Å²) in [5.41, 5.74) is 4.97. The summed E-state index contributed by atoms with van der Waals surface area (Å²) in [7, 11) is 0. The van der Waals surface area contributed by atoms with Crippen molar-refractivity contribution in [1.82, 2.24) is 14.9 Å². The Morgan fingerprint density at radius 1 is 1.33 bits per heavy atom. The lowest BCUT2D eigenvalue weighted by Gasteiger charge is -1.97. The maximum Gasteiger partial charge on any atom is 0.139 e. The second kappa shape index (κ2) is 4.36. The molecule has 15 heavy (non-hydrogen) atoms. The maximum absolute atomic E-state index is 4.00. The van der Waals surface area contributed by atoms with Gasteiger partial charge >= 0.3 is 0 Å². The average molecular weight is 201 g/mol. The third kappa shape index (κ3) is 2.63. The topological polar surface area (TPSA) is 55.1 Å². The van der Waals surface area contributed by atoms with Crippen LogP contribution in [0.2, 0.25) is 0 Å². The van der Waals surface area contributed by atoms with Crippen LogP contribution in [0.4, 0.5) is 0 Å². The summed E-state index contributed by atoms with van der Waals surface area (Å²) in [6.45, 7) is 2.05. The molecule has 1 heterocycles. The number of aromatic nitrogens is 3. The van der Waals surface area contributed by atoms with Crippen LogP contribution in [0.3, 0.4) is 0 Å². The van der Waals surface area contributed by atoms with Gasteiger partial charge in [0.1, 0.15) is 12.7 Å². The minimum atomic E-state index is 1.04. The highest BCUT2D eigenvalue weighted by Gasteiger charge is 1.87. The third-order valence-corrected chi connectivity index (χ3v) is 1.87. The molecule has 0 bridgehead atoms. The molecule has 0 atom stereocenters. The van der Waals surface area contributed by atoms with Crippen LogP contribution >= 0.6 is 0 Å². The summed E-state index contributed by atoms with van der Waals surface area (Å²) < 4.78 is 0. The molecule has 0 saturated carbocycles. The third-order valence-electron chi connectivity index (χ3n) is 1.87. The van der Waals surface area contributed by atoms with E-state index in [0.29, 0.717) is 0 Å². The number of nitrogens with zero attached hydrogens (tertiary/aromatic N) is 4. The Hall–Kier alpha value is -2.17. The second-order valence-corrected chi connectivity index (χ2v) is 3.11. The Labute approximate surface area is 87.4 Å². The van der Waals surface area contributed by atoms with Crippen molar-refractivity contribution < 1.29 is 0 Å². The fourth-order valence-electron chi connectivity index (χ4n) is 1.07. The molecule has 1 aromatic carbocycles. The summed E-state index contributed by atoms with van der Waals surface area (Å²) >= 11 is 0. The molecule has 0 aliphatic rings. The quantitative estimate of drug-likeness (QED) is 0.599. The number of hydrazone groups is 1. The molecule has 1 aromatic heterocycles. The predicted octanol–water partition coefficient (Wildman–Crippen LogP) is 1.16. The first-order valence-corrected chi connectivity index (χ1v) is 4.55. The molecule has 0 aliphatic carbocycles. The van der Waals surface area contributed by atoms with E-state index in [1.54, 1.807) is 6.21 Å². The van der Waals surface area contributed by atoms with Gasteiger partial charge in [-0.15, -0.1) is 9.89 Å². The van der Waals surface area contributed by atoms with Crippen LogP contribution in [0, 0.1) is 6.92 Å². The molecular formula is C10H11N5. The number of hydrogen-bond donors (Lipinski definition) is 1. The summed E-state index contributed by atoms with van der Waals surface area (Å²) in [5.74, 6) is 0. The Morgan fingerprint density at radius 2 is 2.13 bits per heavy atom. The van der Waals surface area contributed by atoms with E-state index in [1.165, 1.54) is 23.0 Å². The fourth-order valence-corrected chi connectivity index (χ4v) is 1.07. The van der Waals surface area contributed by atoms with Gasteiger partial charge < -0.3 is 0 Å².